The Morgan fingerprint density at radius 1 is 0.320 bits per heavy atom. The number of unbranched alkanes of at least 4 members (excludes halogenated alkanes) is 6. The number of halogens is 1. The fourth-order valence-corrected chi connectivity index (χ4v) is 23.7. The van der Waals surface area contributed by atoms with Crippen LogP contribution < -0.4 is 69.9 Å². The predicted molar refractivity (Wildman–Crippen MR) is 323 cm³/mol. The second-order valence-electron chi connectivity index (χ2n) is 20.4. The summed E-state index contributed by atoms with van der Waals surface area (Å²) in [5, 5.41) is 17.1. The van der Waals surface area contributed by atoms with Crippen molar-refractivity contribution < 1.29 is 28.4 Å². The average molecular weight is 1100 g/mol. The molecule has 2 aliphatic rings. The van der Waals surface area contributed by atoms with Crippen molar-refractivity contribution >= 4 is 106 Å². The van der Waals surface area contributed by atoms with Gasteiger partial charge in [-0.25, -0.2) is 0 Å². The molecule has 0 radical (unpaired) electrons. The molecule has 10 rings (SSSR count). The van der Waals surface area contributed by atoms with Crippen LogP contribution in [0.15, 0.2) is 132 Å². The Labute approximate surface area is 456 Å². The Morgan fingerprint density at radius 3 is 0.960 bits per heavy atom. The van der Waals surface area contributed by atoms with Crippen LogP contribution in [0.3, 0.4) is 0 Å². The SMILES string of the molecule is CCCCOc1cc2c3c(Br)c(OCCCC)c(OCCCC)c4c3c3c(c(OCCCC)c(OCCCC)c5c3c2c(c1OCCCC)[Si]5(c1ccccc1)c1ccccc1)[Si]4(c1ccccc1)c1ccccc1. The van der Waals surface area contributed by atoms with Gasteiger partial charge in [0, 0.05) is 26.1 Å². The zero-order chi connectivity index (χ0) is 51.9. The zero-order valence-corrected chi connectivity index (χ0v) is 48.8. The molecule has 8 aromatic carbocycles. The molecule has 0 aromatic heterocycles. The number of rotatable bonds is 28. The fraction of sp³-hybridized carbons (Fsp3) is 0.364. The second-order valence-corrected chi connectivity index (χ2v) is 28.5. The highest BCUT2D eigenvalue weighted by atomic mass is 79.9. The minimum atomic E-state index is -3.54. The first-order valence-electron chi connectivity index (χ1n) is 28.4. The Kier molecular flexibility index (Phi) is 16.6. The first-order chi connectivity index (χ1) is 37.0. The van der Waals surface area contributed by atoms with Crippen molar-refractivity contribution in [2.45, 2.75) is 119 Å². The molecule has 0 atom stereocenters. The maximum absolute atomic E-state index is 7.76. The summed E-state index contributed by atoms with van der Waals surface area (Å²) >= 11 is 4.45. The van der Waals surface area contributed by atoms with Gasteiger partial charge in [-0.3, -0.25) is 0 Å². The van der Waals surface area contributed by atoms with E-state index in [-0.39, 0.29) is 0 Å². The highest BCUT2D eigenvalue weighted by Crippen LogP contribution is 2.55. The highest BCUT2D eigenvalue weighted by molar-refractivity contribution is 9.10. The molecule has 0 aliphatic carbocycles. The Morgan fingerprint density at radius 2 is 0.600 bits per heavy atom. The van der Waals surface area contributed by atoms with Crippen LogP contribution in [0.1, 0.15) is 119 Å². The summed E-state index contributed by atoms with van der Waals surface area (Å²) in [5.74, 6) is 4.96. The highest BCUT2D eigenvalue weighted by Gasteiger charge is 2.60. The quantitative estimate of drug-likeness (QED) is 0.0277. The van der Waals surface area contributed by atoms with E-state index < -0.39 is 16.1 Å². The number of ether oxygens (including phenoxy) is 6. The summed E-state index contributed by atoms with van der Waals surface area (Å²) in [6.45, 7) is 16.8. The van der Waals surface area contributed by atoms with Gasteiger partial charge in [-0.2, -0.15) is 0 Å². The maximum atomic E-state index is 7.76. The van der Waals surface area contributed by atoms with Gasteiger partial charge in [0.25, 0.3) is 0 Å². The minimum absolute atomic E-state index is 0.544. The molecule has 390 valence electrons. The molecule has 0 saturated heterocycles. The van der Waals surface area contributed by atoms with E-state index in [1.807, 2.05) is 0 Å². The van der Waals surface area contributed by atoms with Gasteiger partial charge in [0.1, 0.15) is 0 Å². The fourth-order valence-electron chi connectivity index (χ4n) is 12.1. The molecule has 0 fully saturated rings. The van der Waals surface area contributed by atoms with Crippen LogP contribution >= 0.6 is 15.9 Å². The molecule has 0 N–H and O–H groups in total. The molecule has 8 aromatic rings. The molecular formula is C66H75BrO6Si2. The van der Waals surface area contributed by atoms with Crippen LogP contribution in [-0.2, 0) is 0 Å². The molecule has 0 amide bonds. The minimum Gasteiger partial charge on any atom is -0.490 e. The van der Waals surface area contributed by atoms with Crippen molar-refractivity contribution in [3.63, 3.8) is 0 Å². The second kappa shape index (κ2) is 23.6. The van der Waals surface area contributed by atoms with Crippen molar-refractivity contribution in [1.29, 1.82) is 0 Å². The Balaban J connectivity index is 1.58. The summed E-state index contributed by atoms with van der Waals surface area (Å²) in [5.41, 5.74) is 0. The Hall–Kier alpha value is -5.75. The van der Waals surface area contributed by atoms with Crippen LogP contribution in [-0.4, -0.2) is 55.8 Å². The lowest BCUT2D eigenvalue weighted by Gasteiger charge is -2.37. The number of fused-ring (bicyclic) bond motifs is 1. The molecule has 2 aliphatic heterocycles. The summed E-state index contributed by atoms with van der Waals surface area (Å²) in [6, 6.07) is 47.7. The van der Waals surface area contributed by atoms with Gasteiger partial charge in [-0.1, -0.05) is 201 Å². The third kappa shape index (κ3) is 8.83. The first kappa shape index (κ1) is 52.7. The van der Waals surface area contributed by atoms with Crippen LogP contribution in [0, 0.1) is 0 Å². The molecule has 0 bridgehead atoms. The first-order valence-corrected chi connectivity index (χ1v) is 33.2. The van der Waals surface area contributed by atoms with Crippen molar-refractivity contribution in [2.24, 2.45) is 0 Å². The van der Waals surface area contributed by atoms with Crippen LogP contribution in [0.25, 0.3) is 32.3 Å². The number of hydrogen-bond donors (Lipinski definition) is 0. The normalized spacial score (nSPS) is 13.6. The van der Waals surface area contributed by atoms with Gasteiger partial charge in [-0.15, -0.1) is 0 Å². The summed E-state index contributed by atoms with van der Waals surface area (Å²) in [7, 11) is -7.07. The lowest BCUT2D eigenvalue weighted by molar-refractivity contribution is 0.263. The van der Waals surface area contributed by atoms with Crippen LogP contribution in [0.5, 0.6) is 34.5 Å². The summed E-state index contributed by atoms with van der Waals surface area (Å²) in [4.78, 5) is 0. The molecular weight excluding hydrogens is 1020 g/mol. The van der Waals surface area contributed by atoms with Gasteiger partial charge in [0.15, 0.2) is 50.6 Å². The van der Waals surface area contributed by atoms with Crippen molar-refractivity contribution in [3.8, 4) is 34.5 Å². The van der Waals surface area contributed by atoms with E-state index in [2.05, 4.69) is 185 Å². The van der Waals surface area contributed by atoms with Gasteiger partial charge >= 0.3 is 0 Å². The van der Waals surface area contributed by atoms with E-state index in [9.17, 15) is 0 Å². The topological polar surface area (TPSA) is 55.4 Å². The predicted octanol–water partition coefficient (Wildman–Crippen LogP) is 12.4. The van der Waals surface area contributed by atoms with Gasteiger partial charge in [0.05, 0.1) is 44.1 Å². The van der Waals surface area contributed by atoms with E-state index in [0.29, 0.717) is 39.6 Å². The molecule has 0 spiro atoms. The molecule has 0 saturated carbocycles. The van der Waals surface area contributed by atoms with E-state index in [4.69, 9.17) is 28.4 Å². The average Bonchev–Trinajstić information content (AvgIpc) is 4.00. The lowest BCUT2D eigenvalue weighted by Crippen LogP contribution is -2.75. The van der Waals surface area contributed by atoms with E-state index in [0.717, 1.165) is 127 Å². The van der Waals surface area contributed by atoms with Gasteiger partial charge in [0.2, 0.25) is 0 Å². The maximum Gasteiger partial charge on any atom is 0.190 e. The Bertz CT molecular complexity index is 3180. The largest absolute Gasteiger partial charge is 0.490 e. The third-order valence-electron chi connectivity index (χ3n) is 15.6. The van der Waals surface area contributed by atoms with Crippen molar-refractivity contribution in [2.75, 3.05) is 39.6 Å². The van der Waals surface area contributed by atoms with E-state index >= 15 is 0 Å². The van der Waals surface area contributed by atoms with E-state index in [1.54, 1.807) is 0 Å². The van der Waals surface area contributed by atoms with Crippen molar-refractivity contribution in [3.05, 3.63) is 132 Å². The smallest absolute Gasteiger partial charge is 0.190 e. The lowest BCUT2D eigenvalue weighted by atomic mass is 9.93. The summed E-state index contributed by atoms with van der Waals surface area (Å²) < 4.78 is 45.8. The van der Waals surface area contributed by atoms with Crippen LogP contribution in [0.2, 0.25) is 0 Å². The van der Waals surface area contributed by atoms with Crippen molar-refractivity contribution in [1.82, 2.24) is 0 Å². The van der Waals surface area contributed by atoms with Gasteiger partial charge < -0.3 is 28.4 Å². The summed E-state index contributed by atoms with van der Waals surface area (Å²) in [6.07, 6.45) is 11.4. The third-order valence-corrected chi connectivity index (χ3v) is 26.0. The number of hydrogen-bond acceptors (Lipinski definition) is 6. The standard InChI is InChI=1S/C66H75BrO6Si2/c1-7-13-39-68-51-45-50-52-54-56-55-53(50)63(58(51)69-40-14-8-2)74(46-31-23-19-24-32-46,47-33-25-20-26-34-47)65(55)61(72-43-17-11-5)62(73-44-18-12-6)66(56)75(48-35-27-21-28-36-48,49-37-29-22-30-38-49)64(54)60(71-42-16-10-4)59(57(52)67)70-41-15-9-3/h19-38,45H,7-18,39-44H2,1-6H3. The molecule has 6 nitrogen and oxygen atoms in total. The van der Waals surface area contributed by atoms with E-state index in [1.165, 1.54) is 63.0 Å². The molecule has 2 heterocycles. The van der Waals surface area contributed by atoms with Crippen LogP contribution in [0.4, 0.5) is 0 Å². The molecule has 75 heavy (non-hydrogen) atoms. The molecule has 9 heteroatoms. The molecule has 0 unspecified atom stereocenters. The zero-order valence-electron chi connectivity index (χ0n) is 45.2. The van der Waals surface area contributed by atoms with Gasteiger partial charge in [-0.05, 0) is 108 Å². The monoisotopic (exact) mass is 1100 g/mol. The number of benzene rings is 8.